The van der Waals surface area contributed by atoms with E-state index in [1.165, 1.54) is 4.90 Å². The van der Waals surface area contributed by atoms with Gasteiger partial charge in [-0.2, -0.15) is 0 Å². The highest BCUT2D eigenvalue weighted by molar-refractivity contribution is 6.02. The van der Waals surface area contributed by atoms with Crippen molar-refractivity contribution in [2.24, 2.45) is 0 Å². The monoisotopic (exact) mass is 385 g/mol. The summed E-state index contributed by atoms with van der Waals surface area (Å²) < 4.78 is 33.6. The number of rotatable bonds is 1. The lowest BCUT2D eigenvalue weighted by Gasteiger charge is -2.44. The van der Waals surface area contributed by atoms with Gasteiger partial charge in [0.05, 0.1) is 17.5 Å². The van der Waals surface area contributed by atoms with Gasteiger partial charge in [-0.25, -0.2) is 8.78 Å². The molecule has 4 rings (SSSR count). The van der Waals surface area contributed by atoms with Gasteiger partial charge in [-0.1, -0.05) is 6.07 Å². The van der Waals surface area contributed by atoms with Gasteiger partial charge in [-0.15, -0.1) is 0 Å². The van der Waals surface area contributed by atoms with Gasteiger partial charge in [-0.05, 0) is 49.2 Å². The van der Waals surface area contributed by atoms with Gasteiger partial charge in [-0.3, -0.25) is 9.59 Å². The van der Waals surface area contributed by atoms with Crippen LogP contribution in [0.25, 0.3) is 0 Å². The van der Waals surface area contributed by atoms with Crippen molar-refractivity contribution >= 4 is 11.7 Å². The molecular formula is C22H21F2NO3. The molecule has 2 aliphatic heterocycles. The predicted octanol–water partition coefficient (Wildman–Crippen LogP) is 4.22. The van der Waals surface area contributed by atoms with Gasteiger partial charge in [0, 0.05) is 25.9 Å². The lowest BCUT2D eigenvalue weighted by molar-refractivity contribution is -0.00591. The maximum absolute atomic E-state index is 13.9. The Labute approximate surface area is 162 Å². The Morgan fingerprint density at radius 3 is 2.54 bits per heavy atom. The first-order valence-corrected chi connectivity index (χ1v) is 9.36. The van der Waals surface area contributed by atoms with E-state index in [2.05, 4.69) is 0 Å². The number of ether oxygens (including phenoxy) is 1. The molecule has 1 fully saturated rings. The molecule has 146 valence electrons. The number of fused-ring (bicyclic) bond motifs is 1. The van der Waals surface area contributed by atoms with Gasteiger partial charge < -0.3 is 9.64 Å². The Morgan fingerprint density at radius 2 is 1.82 bits per heavy atom. The number of amides is 1. The average Bonchev–Trinajstić information content (AvgIpc) is 2.62. The van der Waals surface area contributed by atoms with Crippen molar-refractivity contribution in [2.75, 3.05) is 13.1 Å². The van der Waals surface area contributed by atoms with Gasteiger partial charge in [0.2, 0.25) is 0 Å². The van der Waals surface area contributed by atoms with Crippen molar-refractivity contribution < 1.29 is 23.1 Å². The minimum absolute atomic E-state index is 0.0506. The lowest BCUT2D eigenvalue weighted by Crippen LogP contribution is -2.52. The summed E-state index contributed by atoms with van der Waals surface area (Å²) >= 11 is 0. The Kier molecular flexibility index (Phi) is 4.44. The van der Waals surface area contributed by atoms with Crippen LogP contribution in [0.1, 0.15) is 51.1 Å². The van der Waals surface area contributed by atoms with E-state index in [0.29, 0.717) is 37.2 Å². The predicted molar refractivity (Wildman–Crippen MR) is 99.7 cm³/mol. The number of carbonyl (C=O) groups excluding carboxylic acids is 2. The molecule has 2 heterocycles. The van der Waals surface area contributed by atoms with E-state index in [-0.39, 0.29) is 17.8 Å². The number of hydrogen-bond acceptors (Lipinski definition) is 3. The number of carbonyl (C=O) groups is 2. The third kappa shape index (κ3) is 3.17. The molecule has 2 aromatic carbocycles. The summed E-state index contributed by atoms with van der Waals surface area (Å²) in [7, 11) is 0. The minimum Gasteiger partial charge on any atom is -0.486 e. The Balaban J connectivity index is 1.53. The number of Topliss-reactive ketones (excluding diaryl/α,β-unsaturated/α-hetero) is 1. The number of nitrogens with zero attached hydrogens (tertiary/aromatic N) is 1. The SMILES string of the molecule is Cc1cc(C)c2c(c1)OC1(CCN(C(=O)c3cc(F)ccc3F)CC1)CC2=O. The molecule has 2 aromatic rings. The molecule has 6 heteroatoms. The van der Waals surface area contributed by atoms with E-state index in [9.17, 15) is 18.4 Å². The first-order valence-electron chi connectivity index (χ1n) is 9.36. The molecule has 0 bridgehead atoms. The third-order valence-corrected chi connectivity index (χ3v) is 5.65. The summed E-state index contributed by atoms with van der Waals surface area (Å²) in [6.45, 7) is 4.50. The summed E-state index contributed by atoms with van der Waals surface area (Å²) in [6.07, 6.45) is 1.20. The largest absolute Gasteiger partial charge is 0.486 e. The molecule has 1 saturated heterocycles. The second kappa shape index (κ2) is 6.69. The Bertz CT molecular complexity index is 978. The summed E-state index contributed by atoms with van der Waals surface area (Å²) in [6, 6.07) is 6.71. The van der Waals surface area contributed by atoms with Crippen LogP contribution in [0, 0.1) is 25.5 Å². The molecule has 1 spiro atoms. The fourth-order valence-electron chi connectivity index (χ4n) is 4.24. The number of ketones is 1. The van der Waals surface area contributed by atoms with Gasteiger partial charge in [0.15, 0.2) is 5.78 Å². The Morgan fingerprint density at radius 1 is 1.11 bits per heavy atom. The van der Waals surface area contributed by atoms with Crippen LogP contribution in [0.2, 0.25) is 0 Å². The fourth-order valence-corrected chi connectivity index (χ4v) is 4.24. The number of benzene rings is 2. The van der Waals surface area contributed by atoms with Crippen LogP contribution in [0.5, 0.6) is 5.75 Å². The van der Waals surface area contributed by atoms with Crippen LogP contribution < -0.4 is 4.74 Å². The van der Waals surface area contributed by atoms with E-state index in [4.69, 9.17) is 4.74 Å². The van der Waals surface area contributed by atoms with Crippen molar-refractivity contribution in [3.63, 3.8) is 0 Å². The highest BCUT2D eigenvalue weighted by Crippen LogP contribution is 2.41. The molecule has 0 saturated carbocycles. The molecule has 0 unspecified atom stereocenters. The molecule has 0 aromatic heterocycles. The molecule has 2 aliphatic rings. The van der Waals surface area contributed by atoms with Crippen molar-refractivity contribution in [1.82, 2.24) is 4.90 Å². The number of halogens is 2. The molecule has 0 radical (unpaired) electrons. The second-order valence-corrected chi connectivity index (χ2v) is 7.76. The number of likely N-dealkylation sites (tertiary alicyclic amines) is 1. The van der Waals surface area contributed by atoms with Crippen LogP contribution in [0.4, 0.5) is 8.78 Å². The first kappa shape index (κ1) is 18.6. The summed E-state index contributed by atoms with van der Waals surface area (Å²) in [4.78, 5) is 26.9. The lowest BCUT2D eigenvalue weighted by atomic mass is 9.81. The van der Waals surface area contributed by atoms with Gasteiger partial charge in [0.25, 0.3) is 5.91 Å². The molecule has 0 aliphatic carbocycles. The van der Waals surface area contributed by atoms with Crippen molar-refractivity contribution in [1.29, 1.82) is 0 Å². The van der Waals surface area contributed by atoms with Crippen LogP contribution >= 0.6 is 0 Å². The molecule has 4 nitrogen and oxygen atoms in total. The number of piperidine rings is 1. The summed E-state index contributed by atoms with van der Waals surface area (Å²) in [5, 5.41) is 0. The highest BCUT2D eigenvalue weighted by Gasteiger charge is 2.44. The maximum Gasteiger partial charge on any atom is 0.256 e. The van der Waals surface area contributed by atoms with E-state index < -0.39 is 23.1 Å². The standard InChI is InChI=1S/C22H21F2NO3/c1-13-9-14(2)20-18(26)12-22(28-19(20)10-13)5-7-25(8-6-22)21(27)16-11-15(23)3-4-17(16)24/h3-4,9-11H,5-8,12H2,1-2H3. The number of hydrogen-bond donors (Lipinski definition) is 0. The van der Waals surface area contributed by atoms with E-state index in [1.807, 2.05) is 26.0 Å². The molecule has 1 amide bonds. The van der Waals surface area contributed by atoms with E-state index in [1.54, 1.807) is 0 Å². The Hall–Kier alpha value is -2.76. The highest BCUT2D eigenvalue weighted by atomic mass is 19.1. The molecule has 28 heavy (non-hydrogen) atoms. The summed E-state index contributed by atoms with van der Waals surface area (Å²) in [5.41, 5.74) is 1.64. The second-order valence-electron chi connectivity index (χ2n) is 7.76. The molecule has 0 atom stereocenters. The van der Waals surface area contributed by atoms with E-state index in [0.717, 1.165) is 29.3 Å². The zero-order valence-electron chi connectivity index (χ0n) is 15.9. The minimum atomic E-state index is -0.740. The third-order valence-electron chi connectivity index (χ3n) is 5.65. The molecular weight excluding hydrogens is 364 g/mol. The van der Waals surface area contributed by atoms with Crippen molar-refractivity contribution in [3.8, 4) is 5.75 Å². The summed E-state index contributed by atoms with van der Waals surface area (Å²) in [5.74, 6) is -1.28. The smallest absolute Gasteiger partial charge is 0.256 e. The zero-order valence-corrected chi connectivity index (χ0v) is 15.9. The van der Waals surface area contributed by atoms with Gasteiger partial charge >= 0.3 is 0 Å². The van der Waals surface area contributed by atoms with Crippen molar-refractivity contribution in [2.45, 2.75) is 38.7 Å². The van der Waals surface area contributed by atoms with Crippen LogP contribution in [-0.2, 0) is 0 Å². The maximum atomic E-state index is 13.9. The average molecular weight is 385 g/mol. The first-order chi connectivity index (χ1) is 13.3. The topological polar surface area (TPSA) is 46.6 Å². The van der Waals surface area contributed by atoms with Crippen LogP contribution in [-0.4, -0.2) is 35.3 Å². The quantitative estimate of drug-likeness (QED) is 0.738. The van der Waals surface area contributed by atoms with Crippen LogP contribution in [0.15, 0.2) is 30.3 Å². The van der Waals surface area contributed by atoms with Gasteiger partial charge in [0.1, 0.15) is 23.0 Å². The van der Waals surface area contributed by atoms with Crippen LogP contribution in [0.3, 0.4) is 0 Å². The molecule has 0 N–H and O–H groups in total. The number of aryl methyl sites for hydroxylation is 2. The normalized spacial score (nSPS) is 18.0. The van der Waals surface area contributed by atoms with Crippen molar-refractivity contribution in [3.05, 3.63) is 64.2 Å². The fraction of sp³-hybridized carbons (Fsp3) is 0.364. The zero-order chi connectivity index (χ0) is 20.1. The van der Waals surface area contributed by atoms with E-state index >= 15 is 0 Å².